The molecule has 0 unspecified atom stereocenters. The van der Waals surface area contributed by atoms with Crippen molar-refractivity contribution >= 4 is 11.3 Å². The number of nitrogens with zero attached hydrogens (tertiary/aromatic N) is 1. The molecular weight excluding hydrogens is 270 g/mol. The van der Waals surface area contributed by atoms with Gasteiger partial charge in [0, 0.05) is 12.3 Å². The Morgan fingerprint density at radius 3 is 2.60 bits per heavy atom. The first kappa shape index (κ1) is 12.8. The van der Waals surface area contributed by atoms with Gasteiger partial charge in [0.15, 0.2) is 0 Å². The van der Waals surface area contributed by atoms with Gasteiger partial charge in [-0.2, -0.15) is 0 Å². The zero-order valence-electron chi connectivity index (χ0n) is 11.4. The van der Waals surface area contributed by atoms with Crippen LogP contribution in [0.5, 0.6) is 11.5 Å². The van der Waals surface area contributed by atoms with E-state index in [1.54, 1.807) is 25.6 Å². The summed E-state index contributed by atoms with van der Waals surface area (Å²) in [5.74, 6) is 1.58. The van der Waals surface area contributed by atoms with Crippen LogP contribution in [0.25, 0.3) is 16.3 Å². The van der Waals surface area contributed by atoms with E-state index in [2.05, 4.69) is 28.1 Å². The highest BCUT2D eigenvalue weighted by molar-refractivity contribution is 7.13. The first-order valence-electron chi connectivity index (χ1n) is 6.27. The summed E-state index contributed by atoms with van der Waals surface area (Å²) in [6, 6.07) is 14.2. The Labute approximate surface area is 122 Å². The van der Waals surface area contributed by atoms with Crippen LogP contribution >= 0.6 is 11.3 Å². The third kappa shape index (κ3) is 2.18. The number of hydrogen-bond acceptors (Lipinski definition) is 3. The monoisotopic (exact) mass is 285 g/mol. The summed E-state index contributed by atoms with van der Waals surface area (Å²) in [6.07, 6.45) is 2.04. The van der Waals surface area contributed by atoms with Crippen LogP contribution in [0.3, 0.4) is 0 Å². The average molecular weight is 285 g/mol. The summed E-state index contributed by atoms with van der Waals surface area (Å²) >= 11 is 1.72. The number of thiophene rings is 1. The van der Waals surface area contributed by atoms with Gasteiger partial charge in [0.25, 0.3) is 0 Å². The fourth-order valence-corrected chi connectivity index (χ4v) is 2.95. The van der Waals surface area contributed by atoms with Gasteiger partial charge in [-0.25, -0.2) is 0 Å². The van der Waals surface area contributed by atoms with Crippen molar-refractivity contribution in [2.45, 2.75) is 0 Å². The van der Waals surface area contributed by atoms with E-state index in [-0.39, 0.29) is 0 Å². The molecule has 0 aliphatic heterocycles. The molecule has 0 aliphatic rings. The van der Waals surface area contributed by atoms with Gasteiger partial charge in [-0.05, 0) is 35.7 Å². The summed E-state index contributed by atoms with van der Waals surface area (Å²) in [5, 5.41) is 2.08. The molecular formula is C16H15NO2S. The Kier molecular flexibility index (Phi) is 3.48. The topological polar surface area (TPSA) is 23.4 Å². The number of benzene rings is 1. The SMILES string of the molecule is COc1ccc(-n2cccc2-c2cccs2)c(OC)c1. The average Bonchev–Trinajstić information content (AvgIpc) is 3.16. The maximum absolute atomic E-state index is 5.49. The van der Waals surface area contributed by atoms with Crippen LogP contribution in [0.2, 0.25) is 0 Å². The van der Waals surface area contributed by atoms with Gasteiger partial charge in [0.05, 0.1) is 30.5 Å². The molecule has 3 aromatic rings. The second kappa shape index (κ2) is 5.43. The zero-order valence-corrected chi connectivity index (χ0v) is 12.2. The van der Waals surface area contributed by atoms with Crippen molar-refractivity contribution in [1.29, 1.82) is 0 Å². The summed E-state index contributed by atoms with van der Waals surface area (Å²) < 4.78 is 12.9. The Morgan fingerprint density at radius 1 is 1.00 bits per heavy atom. The number of methoxy groups -OCH3 is 2. The number of ether oxygens (including phenoxy) is 2. The zero-order chi connectivity index (χ0) is 13.9. The quantitative estimate of drug-likeness (QED) is 0.716. The highest BCUT2D eigenvalue weighted by Crippen LogP contribution is 2.33. The predicted octanol–water partition coefficient (Wildman–Crippen LogP) is 4.22. The van der Waals surface area contributed by atoms with Crippen molar-refractivity contribution in [2.75, 3.05) is 14.2 Å². The molecule has 0 spiro atoms. The first-order valence-corrected chi connectivity index (χ1v) is 7.15. The van der Waals surface area contributed by atoms with Crippen LogP contribution in [0.1, 0.15) is 0 Å². The fourth-order valence-electron chi connectivity index (χ4n) is 2.20. The number of hydrogen-bond donors (Lipinski definition) is 0. The lowest BCUT2D eigenvalue weighted by molar-refractivity contribution is 0.393. The van der Waals surface area contributed by atoms with Crippen LogP contribution in [-0.2, 0) is 0 Å². The van der Waals surface area contributed by atoms with Crippen LogP contribution in [0.4, 0.5) is 0 Å². The molecule has 4 heteroatoms. The third-order valence-electron chi connectivity index (χ3n) is 3.17. The van der Waals surface area contributed by atoms with E-state index in [0.717, 1.165) is 22.9 Å². The van der Waals surface area contributed by atoms with Crippen molar-refractivity contribution in [2.24, 2.45) is 0 Å². The highest BCUT2D eigenvalue weighted by atomic mass is 32.1. The molecule has 3 nitrogen and oxygen atoms in total. The summed E-state index contributed by atoms with van der Waals surface area (Å²) in [5.41, 5.74) is 2.16. The van der Waals surface area contributed by atoms with E-state index in [1.807, 2.05) is 30.5 Å². The van der Waals surface area contributed by atoms with Gasteiger partial charge >= 0.3 is 0 Å². The van der Waals surface area contributed by atoms with E-state index in [9.17, 15) is 0 Å². The number of aromatic nitrogens is 1. The van der Waals surface area contributed by atoms with Gasteiger partial charge in [-0.15, -0.1) is 11.3 Å². The molecule has 0 amide bonds. The van der Waals surface area contributed by atoms with Gasteiger partial charge in [0.1, 0.15) is 11.5 Å². The molecule has 2 aromatic heterocycles. The largest absolute Gasteiger partial charge is 0.497 e. The van der Waals surface area contributed by atoms with E-state index >= 15 is 0 Å². The van der Waals surface area contributed by atoms with Crippen molar-refractivity contribution in [1.82, 2.24) is 4.57 Å². The molecule has 20 heavy (non-hydrogen) atoms. The van der Waals surface area contributed by atoms with Crippen LogP contribution in [-0.4, -0.2) is 18.8 Å². The van der Waals surface area contributed by atoms with E-state index in [1.165, 1.54) is 4.88 Å². The maximum atomic E-state index is 5.49. The molecule has 0 saturated carbocycles. The van der Waals surface area contributed by atoms with E-state index in [4.69, 9.17) is 9.47 Å². The van der Waals surface area contributed by atoms with Crippen LogP contribution in [0.15, 0.2) is 54.0 Å². The van der Waals surface area contributed by atoms with Crippen molar-refractivity contribution in [3.63, 3.8) is 0 Å². The predicted molar refractivity (Wildman–Crippen MR) is 82.2 cm³/mol. The highest BCUT2D eigenvalue weighted by Gasteiger charge is 2.11. The molecule has 0 saturated heterocycles. The summed E-state index contributed by atoms with van der Waals surface area (Å²) in [6.45, 7) is 0. The lowest BCUT2D eigenvalue weighted by Gasteiger charge is -2.13. The van der Waals surface area contributed by atoms with Crippen LogP contribution in [0, 0.1) is 0 Å². The smallest absolute Gasteiger partial charge is 0.146 e. The Balaban J connectivity index is 2.12. The lowest BCUT2D eigenvalue weighted by atomic mass is 10.2. The number of rotatable bonds is 4. The molecule has 0 aliphatic carbocycles. The fraction of sp³-hybridized carbons (Fsp3) is 0.125. The summed E-state index contributed by atoms with van der Waals surface area (Å²) in [7, 11) is 3.33. The normalized spacial score (nSPS) is 10.5. The van der Waals surface area contributed by atoms with Crippen LogP contribution < -0.4 is 9.47 Å². The van der Waals surface area contributed by atoms with Gasteiger partial charge in [-0.1, -0.05) is 6.07 Å². The molecule has 1 aromatic carbocycles. The Morgan fingerprint density at radius 2 is 1.90 bits per heavy atom. The Bertz CT molecular complexity index is 701. The molecule has 0 N–H and O–H groups in total. The minimum Gasteiger partial charge on any atom is -0.497 e. The molecule has 3 rings (SSSR count). The second-order valence-electron chi connectivity index (χ2n) is 4.28. The Hall–Kier alpha value is -2.20. The van der Waals surface area contributed by atoms with Gasteiger partial charge in [0.2, 0.25) is 0 Å². The lowest BCUT2D eigenvalue weighted by Crippen LogP contribution is -1.98. The van der Waals surface area contributed by atoms with Gasteiger partial charge < -0.3 is 14.0 Å². The third-order valence-corrected chi connectivity index (χ3v) is 4.06. The molecule has 0 atom stereocenters. The minimum atomic E-state index is 0.787. The van der Waals surface area contributed by atoms with Crippen molar-refractivity contribution in [3.05, 3.63) is 54.0 Å². The van der Waals surface area contributed by atoms with E-state index < -0.39 is 0 Å². The first-order chi connectivity index (χ1) is 9.83. The minimum absolute atomic E-state index is 0.787. The second-order valence-corrected chi connectivity index (χ2v) is 5.23. The standard InChI is InChI=1S/C16H15NO2S/c1-18-12-7-8-13(15(11-12)19-2)17-9-3-5-14(17)16-6-4-10-20-16/h3-11H,1-2H3. The molecule has 0 fully saturated rings. The molecule has 2 heterocycles. The molecule has 0 radical (unpaired) electrons. The van der Waals surface area contributed by atoms with Crippen molar-refractivity contribution < 1.29 is 9.47 Å². The maximum Gasteiger partial charge on any atom is 0.146 e. The van der Waals surface area contributed by atoms with Crippen molar-refractivity contribution in [3.8, 4) is 27.8 Å². The molecule has 0 bridgehead atoms. The molecule has 102 valence electrons. The van der Waals surface area contributed by atoms with E-state index in [0.29, 0.717) is 0 Å². The van der Waals surface area contributed by atoms with Gasteiger partial charge in [-0.3, -0.25) is 0 Å². The summed E-state index contributed by atoms with van der Waals surface area (Å²) in [4.78, 5) is 1.23.